The molecule has 3 saturated heterocycles. The highest BCUT2D eigenvalue weighted by atomic mass is 16.9. The van der Waals surface area contributed by atoms with E-state index in [1.54, 1.807) is 58.9 Å². The first-order valence-corrected chi connectivity index (χ1v) is 10.0. The van der Waals surface area contributed by atoms with Crippen molar-refractivity contribution < 1.29 is 38.0 Å². The van der Waals surface area contributed by atoms with Gasteiger partial charge in [-0.2, -0.15) is 0 Å². The molecular weight excluding hydrogens is 394 g/mol. The second kappa shape index (κ2) is 7.58. The van der Waals surface area contributed by atoms with Crippen LogP contribution in [0.25, 0.3) is 0 Å². The fourth-order valence-corrected chi connectivity index (χ4v) is 3.94. The summed E-state index contributed by atoms with van der Waals surface area (Å²) in [7, 11) is 0. The number of fused-ring (bicyclic) bond motifs is 3. The molecule has 9 heteroatoms. The zero-order valence-corrected chi connectivity index (χ0v) is 17.7. The highest BCUT2D eigenvalue weighted by Crippen LogP contribution is 2.44. The molecule has 0 radical (unpaired) electrons. The van der Waals surface area contributed by atoms with Crippen LogP contribution in [0.1, 0.15) is 45.0 Å². The first kappa shape index (κ1) is 21.2. The molecule has 3 fully saturated rings. The summed E-state index contributed by atoms with van der Waals surface area (Å²) in [5.41, 5.74) is 0.914. The molecule has 1 amide bonds. The fourth-order valence-electron chi connectivity index (χ4n) is 3.94. The van der Waals surface area contributed by atoms with Gasteiger partial charge in [0.05, 0.1) is 12.2 Å². The first-order chi connectivity index (χ1) is 14.1. The number of hydrogen-bond donors (Lipinski definition) is 1. The van der Waals surface area contributed by atoms with E-state index < -0.39 is 54.2 Å². The lowest BCUT2D eigenvalue weighted by Crippen LogP contribution is -2.58. The summed E-state index contributed by atoms with van der Waals surface area (Å²) in [4.78, 5) is 24.8. The van der Waals surface area contributed by atoms with Crippen molar-refractivity contribution in [3.63, 3.8) is 0 Å². The normalized spacial score (nSPS) is 33.4. The third-order valence-electron chi connectivity index (χ3n) is 5.08. The molecule has 0 saturated carbocycles. The number of carbonyl (C=O) groups is 2. The van der Waals surface area contributed by atoms with Gasteiger partial charge in [-0.15, -0.1) is 0 Å². The van der Waals surface area contributed by atoms with Crippen LogP contribution in [-0.4, -0.2) is 60.8 Å². The minimum absolute atomic E-state index is 0.294. The van der Waals surface area contributed by atoms with Crippen LogP contribution < -0.4 is 5.32 Å². The number of nitrogens with one attached hydrogen (secondary N) is 1. The summed E-state index contributed by atoms with van der Waals surface area (Å²) in [6.07, 6.45) is -3.37. The fraction of sp³-hybridized carbons (Fsp3) is 0.619. The van der Waals surface area contributed by atoms with Gasteiger partial charge in [0.1, 0.15) is 18.3 Å². The number of hydrogen-bond acceptors (Lipinski definition) is 8. The molecule has 0 unspecified atom stereocenters. The van der Waals surface area contributed by atoms with Gasteiger partial charge in [0.2, 0.25) is 0 Å². The van der Waals surface area contributed by atoms with E-state index in [-0.39, 0.29) is 0 Å². The van der Waals surface area contributed by atoms with E-state index in [9.17, 15) is 9.59 Å². The molecule has 1 aromatic carbocycles. The number of ether oxygens (including phenoxy) is 6. The van der Waals surface area contributed by atoms with Gasteiger partial charge >= 0.3 is 5.97 Å². The lowest BCUT2D eigenvalue weighted by molar-refractivity contribution is -0.229. The third-order valence-corrected chi connectivity index (χ3v) is 5.08. The zero-order valence-electron chi connectivity index (χ0n) is 17.7. The van der Waals surface area contributed by atoms with Crippen LogP contribution in [0.4, 0.5) is 5.69 Å². The van der Waals surface area contributed by atoms with E-state index in [2.05, 4.69) is 5.32 Å². The lowest BCUT2D eigenvalue weighted by Gasteiger charge is -2.36. The summed E-state index contributed by atoms with van der Waals surface area (Å²) in [6, 6.07) is 6.43. The summed E-state index contributed by atoms with van der Waals surface area (Å²) in [5, 5.41) is 2.80. The maximum absolute atomic E-state index is 13.0. The predicted molar refractivity (Wildman–Crippen MR) is 104 cm³/mol. The van der Waals surface area contributed by atoms with Crippen LogP contribution in [0.15, 0.2) is 24.3 Å². The summed E-state index contributed by atoms with van der Waals surface area (Å²) >= 11 is 0. The predicted octanol–water partition coefficient (Wildman–Crippen LogP) is 2.20. The smallest absolute Gasteiger partial charge is 0.338 e. The van der Waals surface area contributed by atoms with Crippen LogP contribution in [0, 0.1) is 0 Å². The highest BCUT2D eigenvalue weighted by Gasteiger charge is 2.62. The molecule has 0 aromatic heterocycles. The van der Waals surface area contributed by atoms with Crippen molar-refractivity contribution in [2.24, 2.45) is 0 Å². The van der Waals surface area contributed by atoms with Gasteiger partial charge in [-0.1, -0.05) is 0 Å². The Morgan fingerprint density at radius 2 is 1.53 bits per heavy atom. The Kier molecular flexibility index (Phi) is 5.36. The quantitative estimate of drug-likeness (QED) is 0.739. The standard InChI is InChI=1S/C21H27NO8/c1-6-25-18(24)11-7-9-12(10-8-11)22-17(23)15-13-14(28-20(2,3)27-13)16-19(26-15)30-21(4,5)29-16/h7-10,13-16,19H,6H2,1-5H3,(H,22,23)/t13-,14+,15-,16-,19+/m1/s1. The topological polar surface area (TPSA) is 102 Å². The van der Waals surface area contributed by atoms with Crippen molar-refractivity contribution in [3.8, 4) is 0 Å². The van der Waals surface area contributed by atoms with Crippen molar-refractivity contribution in [1.82, 2.24) is 0 Å². The molecule has 4 rings (SSSR count). The first-order valence-electron chi connectivity index (χ1n) is 10.0. The van der Waals surface area contributed by atoms with Gasteiger partial charge < -0.3 is 33.7 Å². The maximum atomic E-state index is 13.0. The van der Waals surface area contributed by atoms with Crippen LogP contribution >= 0.6 is 0 Å². The van der Waals surface area contributed by atoms with Gasteiger partial charge in [0, 0.05) is 5.69 Å². The molecule has 5 atom stereocenters. The number of anilines is 1. The Balaban J connectivity index is 1.50. The molecule has 1 aromatic rings. The van der Waals surface area contributed by atoms with E-state index in [0.29, 0.717) is 17.9 Å². The van der Waals surface area contributed by atoms with Gasteiger partial charge in [0.25, 0.3) is 5.91 Å². The molecule has 164 valence electrons. The van der Waals surface area contributed by atoms with E-state index >= 15 is 0 Å². The molecule has 30 heavy (non-hydrogen) atoms. The second-order valence-corrected chi connectivity index (χ2v) is 8.38. The van der Waals surface area contributed by atoms with Gasteiger partial charge in [-0.3, -0.25) is 4.79 Å². The van der Waals surface area contributed by atoms with Crippen LogP contribution in [0.3, 0.4) is 0 Å². The van der Waals surface area contributed by atoms with E-state index in [1.807, 2.05) is 0 Å². The minimum atomic E-state index is -0.958. The van der Waals surface area contributed by atoms with Crippen LogP contribution in [-0.2, 0) is 33.2 Å². The molecule has 0 bridgehead atoms. The number of esters is 1. The van der Waals surface area contributed by atoms with Gasteiger partial charge in [0.15, 0.2) is 24.0 Å². The summed E-state index contributed by atoms with van der Waals surface area (Å²) in [6.45, 7) is 9.16. The molecule has 0 spiro atoms. The lowest BCUT2D eigenvalue weighted by atomic mass is 9.98. The molecule has 1 N–H and O–H groups in total. The molecule has 3 aliphatic rings. The largest absolute Gasteiger partial charge is 0.462 e. The van der Waals surface area contributed by atoms with Crippen molar-refractivity contribution in [3.05, 3.63) is 29.8 Å². The Morgan fingerprint density at radius 1 is 0.933 bits per heavy atom. The number of rotatable bonds is 4. The number of carbonyl (C=O) groups excluding carboxylic acids is 2. The Bertz CT molecular complexity index is 821. The van der Waals surface area contributed by atoms with E-state index in [1.165, 1.54) is 0 Å². The van der Waals surface area contributed by atoms with Gasteiger partial charge in [-0.05, 0) is 58.9 Å². The molecule has 3 heterocycles. The number of amides is 1. The Hall–Kier alpha value is -2.04. The monoisotopic (exact) mass is 421 g/mol. The second-order valence-electron chi connectivity index (χ2n) is 8.38. The van der Waals surface area contributed by atoms with Crippen molar-refractivity contribution in [2.45, 2.75) is 76.9 Å². The average Bonchev–Trinajstić information content (AvgIpc) is 3.15. The molecule has 3 aliphatic heterocycles. The summed E-state index contributed by atoms with van der Waals surface area (Å²) < 4.78 is 34.6. The Morgan fingerprint density at radius 3 is 2.20 bits per heavy atom. The minimum Gasteiger partial charge on any atom is -0.462 e. The van der Waals surface area contributed by atoms with Crippen LogP contribution in [0.5, 0.6) is 0 Å². The van der Waals surface area contributed by atoms with Crippen molar-refractivity contribution >= 4 is 17.6 Å². The SMILES string of the molecule is CCOC(=O)c1ccc(NC(=O)[C@@H]2O[C@H]3OC(C)(C)O[C@@H]3[C@H]3OC(C)(C)O[C@H]32)cc1. The maximum Gasteiger partial charge on any atom is 0.338 e. The molecule has 0 aliphatic carbocycles. The van der Waals surface area contributed by atoms with E-state index in [4.69, 9.17) is 28.4 Å². The zero-order chi connectivity index (χ0) is 21.7. The van der Waals surface area contributed by atoms with E-state index in [0.717, 1.165) is 0 Å². The Labute approximate surface area is 174 Å². The highest BCUT2D eigenvalue weighted by molar-refractivity contribution is 5.96. The third kappa shape index (κ3) is 4.08. The molecule has 9 nitrogen and oxygen atoms in total. The summed E-state index contributed by atoms with van der Waals surface area (Å²) in [5.74, 6) is -2.56. The van der Waals surface area contributed by atoms with Crippen LogP contribution in [0.2, 0.25) is 0 Å². The van der Waals surface area contributed by atoms with Crippen molar-refractivity contribution in [2.75, 3.05) is 11.9 Å². The van der Waals surface area contributed by atoms with Crippen molar-refractivity contribution in [1.29, 1.82) is 0 Å². The average molecular weight is 421 g/mol. The van der Waals surface area contributed by atoms with Gasteiger partial charge in [-0.25, -0.2) is 4.79 Å². The molecular formula is C21H27NO8. The number of benzene rings is 1.